The largest absolute Gasteiger partial charge is 0.437 e. The molecule has 5 nitrogen and oxygen atoms in total. The number of nitrogen functional groups attached to an aromatic ring is 1. The summed E-state index contributed by atoms with van der Waals surface area (Å²) in [6, 6.07) is 11.9. The van der Waals surface area contributed by atoms with Crippen molar-refractivity contribution in [3.63, 3.8) is 0 Å². The van der Waals surface area contributed by atoms with Gasteiger partial charge in [-0.25, -0.2) is 4.98 Å². The molecule has 0 amide bonds. The van der Waals surface area contributed by atoms with Crippen LogP contribution in [-0.2, 0) is 0 Å². The number of hydrogen-bond donors (Lipinski definition) is 2. The second-order valence-corrected chi connectivity index (χ2v) is 6.16. The Morgan fingerprint density at radius 2 is 1.72 bits per heavy atom. The molecule has 3 rings (SSSR count). The van der Waals surface area contributed by atoms with Crippen molar-refractivity contribution in [2.75, 3.05) is 11.1 Å². The van der Waals surface area contributed by atoms with Crippen molar-refractivity contribution in [2.24, 2.45) is 0 Å². The number of hydrogen-bond acceptors (Lipinski definition) is 5. The van der Waals surface area contributed by atoms with E-state index in [9.17, 15) is 0 Å². The third-order valence-corrected chi connectivity index (χ3v) is 4.40. The zero-order chi connectivity index (χ0) is 18.0. The van der Waals surface area contributed by atoms with Crippen LogP contribution in [0.4, 0.5) is 17.2 Å². The molecule has 0 unspecified atom stereocenters. The van der Waals surface area contributed by atoms with Crippen LogP contribution >= 0.6 is 0 Å². The third-order valence-electron chi connectivity index (χ3n) is 4.40. The van der Waals surface area contributed by atoms with Crippen molar-refractivity contribution in [3.05, 3.63) is 65.0 Å². The van der Waals surface area contributed by atoms with E-state index in [1.807, 2.05) is 37.3 Å². The normalized spacial score (nSPS) is 10.6. The van der Waals surface area contributed by atoms with Gasteiger partial charge in [-0.05, 0) is 68.1 Å². The topological polar surface area (TPSA) is 73.1 Å². The summed E-state index contributed by atoms with van der Waals surface area (Å²) >= 11 is 0. The maximum Gasteiger partial charge on any atom is 0.248 e. The molecule has 0 aliphatic heterocycles. The van der Waals surface area contributed by atoms with Crippen molar-refractivity contribution in [1.29, 1.82) is 0 Å². The number of benzene rings is 2. The fourth-order valence-electron chi connectivity index (χ4n) is 2.46. The zero-order valence-electron chi connectivity index (χ0n) is 14.9. The Balaban J connectivity index is 1.89. The maximum absolute atomic E-state index is 6.22. The Morgan fingerprint density at radius 1 is 0.920 bits per heavy atom. The van der Waals surface area contributed by atoms with Crippen molar-refractivity contribution in [1.82, 2.24) is 9.97 Å². The molecule has 0 aliphatic rings. The van der Waals surface area contributed by atoms with Gasteiger partial charge in [0.1, 0.15) is 17.8 Å². The highest BCUT2D eigenvalue weighted by molar-refractivity contribution is 5.74. The second kappa shape index (κ2) is 6.81. The Bertz CT molecular complexity index is 922. The molecule has 3 aromatic rings. The van der Waals surface area contributed by atoms with E-state index in [-0.39, 0.29) is 0 Å². The molecule has 0 aliphatic carbocycles. The highest BCUT2D eigenvalue weighted by Crippen LogP contribution is 2.32. The molecule has 1 aromatic heterocycles. The SMILES string of the molecule is Cc1ccc(Oc2ncnc(Nc3cccc(C)c3C)c2N)cc1C. The van der Waals surface area contributed by atoms with Gasteiger partial charge >= 0.3 is 0 Å². The van der Waals surface area contributed by atoms with Crippen LogP contribution in [0.15, 0.2) is 42.7 Å². The second-order valence-electron chi connectivity index (χ2n) is 6.16. The molecule has 0 saturated carbocycles. The van der Waals surface area contributed by atoms with Crippen LogP contribution < -0.4 is 15.8 Å². The predicted octanol–water partition coefficient (Wildman–Crippen LogP) is 4.83. The summed E-state index contributed by atoms with van der Waals surface area (Å²) in [5, 5.41) is 3.27. The fourth-order valence-corrected chi connectivity index (χ4v) is 2.46. The average molecular weight is 334 g/mol. The summed E-state index contributed by atoms with van der Waals surface area (Å²) in [6.07, 6.45) is 1.44. The first-order valence-corrected chi connectivity index (χ1v) is 8.14. The van der Waals surface area contributed by atoms with E-state index in [1.165, 1.54) is 17.5 Å². The Kier molecular flexibility index (Phi) is 4.57. The molecule has 1 heterocycles. The Hall–Kier alpha value is -3.08. The fraction of sp³-hybridized carbons (Fsp3) is 0.200. The van der Waals surface area contributed by atoms with Crippen molar-refractivity contribution < 1.29 is 4.74 Å². The van der Waals surface area contributed by atoms with Gasteiger partial charge in [-0.2, -0.15) is 4.98 Å². The minimum Gasteiger partial charge on any atom is -0.437 e. The van der Waals surface area contributed by atoms with Gasteiger partial charge in [-0.3, -0.25) is 0 Å². The van der Waals surface area contributed by atoms with Gasteiger partial charge in [0.05, 0.1) is 0 Å². The van der Waals surface area contributed by atoms with Crippen LogP contribution in [0.2, 0.25) is 0 Å². The molecule has 25 heavy (non-hydrogen) atoms. The minimum atomic E-state index is 0.339. The van der Waals surface area contributed by atoms with Crippen LogP contribution in [0.1, 0.15) is 22.3 Å². The molecule has 0 spiro atoms. The zero-order valence-corrected chi connectivity index (χ0v) is 14.9. The highest BCUT2D eigenvalue weighted by Gasteiger charge is 2.12. The van der Waals surface area contributed by atoms with E-state index in [2.05, 4.69) is 42.1 Å². The number of rotatable bonds is 4. The summed E-state index contributed by atoms with van der Waals surface area (Å²) in [6.45, 7) is 8.23. The molecule has 0 fully saturated rings. The summed E-state index contributed by atoms with van der Waals surface area (Å²) in [5.41, 5.74) is 12.3. The number of nitrogens with two attached hydrogens (primary N) is 1. The lowest BCUT2D eigenvalue weighted by atomic mass is 10.1. The Labute approximate surface area is 147 Å². The van der Waals surface area contributed by atoms with E-state index in [1.54, 1.807) is 0 Å². The third kappa shape index (κ3) is 3.55. The maximum atomic E-state index is 6.22. The van der Waals surface area contributed by atoms with Gasteiger partial charge in [0.25, 0.3) is 0 Å². The van der Waals surface area contributed by atoms with Crippen LogP contribution in [0, 0.1) is 27.7 Å². The number of anilines is 3. The first kappa shape index (κ1) is 16.8. The van der Waals surface area contributed by atoms with Gasteiger partial charge < -0.3 is 15.8 Å². The van der Waals surface area contributed by atoms with Gasteiger partial charge in [-0.1, -0.05) is 18.2 Å². The monoisotopic (exact) mass is 334 g/mol. The standard InChI is InChI=1S/C20H22N4O/c1-12-8-9-16(10-14(12)3)25-20-18(21)19(22-11-23-20)24-17-7-5-6-13(2)15(17)4/h5-11H,21H2,1-4H3,(H,22,23,24). The average Bonchev–Trinajstić information content (AvgIpc) is 2.59. The molecule has 2 aromatic carbocycles. The molecule has 3 N–H and O–H groups in total. The summed E-state index contributed by atoms with van der Waals surface area (Å²) in [7, 11) is 0. The summed E-state index contributed by atoms with van der Waals surface area (Å²) in [5.74, 6) is 1.57. The van der Waals surface area contributed by atoms with Gasteiger partial charge in [-0.15, -0.1) is 0 Å². The minimum absolute atomic E-state index is 0.339. The lowest BCUT2D eigenvalue weighted by Gasteiger charge is -2.14. The number of aryl methyl sites for hydroxylation is 3. The molecule has 5 heteroatoms. The van der Waals surface area contributed by atoms with Crippen molar-refractivity contribution in [3.8, 4) is 11.6 Å². The molecule has 0 bridgehead atoms. The van der Waals surface area contributed by atoms with Crippen LogP contribution in [0.3, 0.4) is 0 Å². The number of nitrogens with one attached hydrogen (secondary N) is 1. The number of nitrogens with zero attached hydrogens (tertiary/aromatic N) is 2. The Morgan fingerprint density at radius 3 is 2.48 bits per heavy atom. The van der Waals surface area contributed by atoms with E-state index in [0.29, 0.717) is 23.1 Å². The molecule has 0 atom stereocenters. The van der Waals surface area contributed by atoms with Gasteiger partial charge in [0.2, 0.25) is 5.88 Å². The summed E-state index contributed by atoms with van der Waals surface area (Å²) < 4.78 is 5.86. The lowest BCUT2D eigenvalue weighted by Crippen LogP contribution is -2.04. The highest BCUT2D eigenvalue weighted by atomic mass is 16.5. The van der Waals surface area contributed by atoms with E-state index in [4.69, 9.17) is 10.5 Å². The van der Waals surface area contributed by atoms with Gasteiger partial charge in [0, 0.05) is 5.69 Å². The molecule has 128 valence electrons. The summed E-state index contributed by atoms with van der Waals surface area (Å²) in [4.78, 5) is 8.42. The van der Waals surface area contributed by atoms with Crippen molar-refractivity contribution in [2.45, 2.75) is 27.7 Å². The molecular formula is C20H22N4O. The number of aromatic nitrogens is 2. The van der Waals surface area contributed by atoms with E-state index >= 15 is 0 Å². The molecule has 0 saturated heterocycles. The molecule has 0 radical (unpaired) electrons. The lowest BCUT2D eigenvalue weighted by molar-refractivity contribution is 0.464. The first-order chi connectivity index (χ1) is 12.0. The predicted molar refractivity (Wildman–Crippen MR) is 102 cm³/mol. The first-order valence-electron chi connectivity index (χ1n) is 8.14. The molecular weight excluding hydrogens is 312 g/mol. The number of ether oxygens (including phenoxy) is 1. The van der Waals surface area contributed by atoms with E-state index < -0.39 is 0 Å². The van der Waals surface area contributed by atoms with Crippen LogP contribution in [0.5, 0.6) is 11.6 Å². The van der Waals surface area contributed by atoms with Gasteiger partial charge in [0.15, 0.2) is 5.82 Å². The van der Waals surface area contributed by atoms with Crippen LogP contribution in [0.25, 0.3) is 0 Å². The van der Waals surface area contributed by atoms with E-state index in [0.717, 1.165) is 16.8 Å². The van der Waals surface area contributed by atoms with Crippen LogP contribution in [-0.4, -0.2) is 9.97 Å². The van der Waals surface area contributed by atoms with Crippen molar-refractivity contribution >= 4 is 17.2 Å². The smallest absolute Gasteiger partial charge is 0.248 e. The quantitative estimate of drug-likeness (QED) is 0.715.